The molecular formula is C17H18ClN3. The Labute approximate surface area is 129 Å². The summed E-state index contributed by atoms with van der Waals surface area (Å²) in [5, 5.41) is 1.06. The monoisotopic (exact) mass is 299 g/mol. The summed E-state index contributed by atoms with van der Waals surface area (Å²) < 4.78 is 2.36. The predicted octanol–water partition coefficient (Wildman–Crippen LogP) is 4.86. The van der Waals surface area contributed by atoms with Gasteiger partial charge in [0.05, 0.1) is 22.6 Å². The molecule has 0 spiro atoms. The smallest absolute Gasteiger partial charge is 0.128 e. The lowest BCUT2D eigenvalue weighted by Gasteiger charge is -2.13. The number of pyridine rings is 1. The number of alkyl halides is 1. The molecule has 2 unspecified atom stereocenters. The van der Waals surface area contributed by atoms with Crippen LogP contribution in [0.2, 0.25) is 0 Å². The van der Waals surface area contributed by atoms with E-state index in [1.807, 2.05) is 25.3 Å². The maximum absolute atomic E-state index is 6.39. The van der Waals surface area contributed by atoms with E-state index in [1.165, 1.54) is 11.9 Å². The molecule has 0 amide bonds. The van der Waals surface area contributed by atoms with Gasteiger partial charge in [-0.3, -0.25) is 4.98 Å². The standard InChI is InChI=1S/C17H18ClN3/c1-10(18)16-20-13-9-19-12-7-5-4-6-11(12)15(13)21(16)14-8-17(14,2)3/h4-7,9-10,14H,8H2,1-3H3. The summed E-state index contributed by atoms with van der Waals surface area (Å²) in [5.74, 6) is 0.959. The zero-order valence-corrected chi connectivity index (χ0v) is 13.2. The van der Waals surface area contributed by atoms with E-state index in [9.17, 15) is 0 Å². The van der Waals surface area contributed by atoms with E-state index >= 15 is 0 Å². The lowest BCUT2D eigenvalue weighted by atomic mass is 10.1. The minimum atomic E-state index is -0.104. The molecule has 2 aromatic heterocycles. The summed E-state index contributed by atoms with van der Waals surface area (Å²) in [6, 6.07) is 8.73. The maximum atomic E-state index is 6.39. The Bertz CT molecular complexity index is 848. The third-order valence-electron chi connectivity index (χ3n) is 4.58. The van der Waals surface area contributed by atoms with Gasteiger partial charge < -0.3 is 4.57 Å². The van der Waals surface area contributed by atoms with Gasteiger partial charge in [-0.1, -0.05) is 32.0 Å². The van der Waals surface area contributed by atoms with Gasteiger partial charge in [0, 0.05) is 11.4 Å². The number of aromatic nitrogens is 3. The van der Waals surface area contributed by atoms with Crippen molar-refractivity contribution in [3.05, 3.63) is 36.3 Å². The van der Waals surface area contributed by atoms with E-state index in [0.717, 1.165) is 22.2 Å². The van der Waals surface area contributed by atoms with Crippen LogP contribution in [0.1, 0.15) is 44.4 Å². The van der Waals surface area contributed by atoms with Gasteiger partial charge in [-0.25, -0.2) is 4.98 Å². The topological polar surface area (TPSA) is 30.7 Å². The Kier molecular flexibility index (Phi) is 2.62. The predicted molar refractivity (Wildman–Crippen MR) is 86.7 cm³/mol. The molecule has 3 nitrogen and oxygen atoms in total. The van der Waals surface area contributed by atoms with Crippen molar-refractivity contribution in [3.63, 3.8) is 0 Å². The van der Waals surface area contributed by atoms with E-state index < -0.39 is 0 Å². The molecule has 4 rings (SSSR count). The summed E-state index contributed by atoms with van der Waals surface area (Å²) in [7, 11) is 0. The van der Waals surface area contributed by atoms with Crippen molar-refractivity contribution in [2.45, 2.75) is 38.6 Å². The molecule has 0 aliphatic heterocycles. The highest BCUT2D eigenvalue weighted by atomic mass is 35.5. The first-order chi connectivity index (χ1) is 9.99. The molecule has 0 saturated heterocycles. The van der Waals surface area contributed by atoms with Crippen molar-refractivity contribution in [3.8, 4) is 0 Å². The fourth-order valence-electron chi connectivity index (χ4n) is 3.22. The number of nitrogens with zero attached hydrogens (tertiary/aromatic N) is 3. The highest BCUT2D eigenvalue weighted by Crippen LogP contribution is 2.57. The average molecular weight is 300 g/mol. The van der Waals surface area contributed by atoms with Crippen LogP contribution in [0.25, 0.3) is 21.9 Å². The van der Waals surface area contributed by atoms with E-state index in [4.69, 9.17) is 16.6 Å². The minimum Gasteiger partial charge on any atom is -0.322 e. The van der Waals surface area contributed by atoms with Crippen molar-refractivity contribution in [2.75, 3.05) is 0 Å². The molecule has 21 heavy (non-hydrogen) atoms. The van der Waals surface area contributed by atoms with E-state index in [0.29, 0.717) is 11.5 Å². The highest BCUT2D eigenvalue weighted by Gasteiger charge is 2.49. The van der Waals surface area contributed by atoms with Gasteiger partial charge in [0.25, 0.3) is 0 Å². The number of benzene rings is 1. The molecule has 108 valence electrons. The molecule has 0 radical (unpaired) electrons. The molecule has 2 heterocycles. The highest BCUT2D eigenvalue weighted by molar-refractivity contribution is 6.20. The van der Waals surface area contributed by atoms with Gasteiger partial charge in [0.15, 0.2) is 0 Å². The van der Waals surface area contributed by atoms with Gasteiger partial charge in [-0.15, -0.1) is 11.6 Å². The van der Waals surface area contributed by atoms with Crippen LogP contribution >= 0.6 is 11.6 Å². The van der Waals surface area contributed by atoms with Crippen LogP contribution in [-0.2, 0) is 0 Å². The number of fused-ring (bicyclic) bond motifs is 3. The van der Waals surface area contributed by atoms with Crippen LogP contribution in [0.5, 0.6) is 0 Å². The molecule has 1 fully saturated rings. The fourth-order valence-corrected chi connectivity index (χ4v) is 3.37. The normalized spacial score (nSPS) is 21.8. The van der Waals surface area contributed by atoms with Gasteiger partial charge in [0.1, 0.15) is 11.3 Å². The first-order valence-corrected chi connectivity index (χ1v) is 7.82. The fraction of sp³-hybridized carbons (Fsp3) is 0.412. The Balaban J connectivity index is 2.11. The van der Waals surface area contributed by atoms with Crippen LogP contribution < -0.4 is 0 Å². The summed E-state index contributed by atoms with van der Waals surface area (Å²) >= 11 is 6.39. The molecule has 1 aliphatic carbocycles. The average Bonchev–Trinajstić information content (AvgIpc) is 2.92. The van der Waals surface area contributed by atoms with Crippen LogP contribution in [-0.4, -0.2) is 14.5 Å². The van der Waals surface area contributed by atoms with Gasteiger partial charge in [-0.05, 0) is 24.8 Å². The molecule has 0 bridgehead atoms. The van der Waals surface area contributed by atoms with Crippen molar-refractivity contribution in [1.82, 2.24) is 14.5 Å². The van der Waals surface area contributed by atoms with Crippen LogP contribution in [0.4, 0.5) is 0 Å². The first-order valence-electron chi connectivity index (χ1n) is 7.39. The number of imidazole rings is 1. The molecule has 1 aliphatic rings. The Hall–Kier alpha value is -1.61. The Morgan fingerprint density at radius 2 is 2.00 bits per heavy atom. The Morgan fingerprint density at radius 1 is 1.29 bits per heavy atom. The summed E-state index contributed by atoms with van der Waals surface area (Å²) in [5.41, 5.74) is 3.45. The van der Waals surface area contributed by atoms with E-state index in [2.05, 4.69) is 35.5 Å². The maximum Gasteiger partial charge on any atom is 0.128 e. The van der Waals surface area contributed by atoms with Gasteiger partial charge in [-0.2, -0.15) is 0 Å². The van der Waals surface area contributed by atoms with Crippen LogP contribution in [0.15, 0.2) is 30.5 Å². The molecule has 1 saturated carbocycles. The largest absolute Gasteiger partial charge is 0.322 e. The number of rotatable bonds is 2. The molecule has 0 N–H and O–H groups in total. The van der Waals surface area contributed by atoms with Gasteiger partial charge >= 0.3 is 0 Å². The third-order valence-corrected chi connectivity index (χ3v) is 4.77. The minimum absolute atomic E-state index is 0.104. The number of para-hydroxylation sites is 1. The van der Waals surface area contributed by atoms with Crippen LogP contribution in [0.3, 0.4) is 0 Å². The number of halogens is 1. The Morgan fingerprint density at radius 3 is 2.67 bits per heavy atom. The molecule has 1 aromatic carbocycles. The lowest BCUT2D eigenvalue weighted by molar-refractivity contribution is 0.536. The molecule has 4 heteroatoms. The SMILES string of the molecule is CC(Cl)c1nc2cnc3ccccc3c2n1C1CC1(C)C. The van der Waals surface area contributed by atoms with E-state index in [-0.39, 0.29) is 5.38 Å². The molecular weight excluding hydrogens is 282 g/mol. The lowest BCUT2D eigenvalue weighted by Crippen LogP contribution is -2.06. The molecule has 2 atom stereocenters. The summed E-state index contributed by atoms with van der Waals surface area (Å²) in [6.45, 7) is 6.59. The third kappa shape index (κ3) is 1.87. The summed E-state index contributed by atoms with van der Waals surface area (Å²) in [4.78, 5) is 9.28. The number of hydrogen-bond acceptors (Lipinski definition) is 2. The van der Waals surface area contributed by atoms with Crippen molar-refractivity contribution < 1.29 is 0 Å². The second-order valence-electron chi connectivity index (χ2n) is 6.67. The van der Waals surface area contributed by atoms with Crippen LogP contribution in [0, 0.1) is 5.41 Å². The zero-order chi connectivity index (χ0) is 14.8. The second-order valence-corrected chi connectivity index (χ2v) is 7.33. The summed E-state index contributed by atoms with van der Waals surface area (Å²) in [6.07, 6.45) is 3.04. The zero-order valence-electron chi connectivity index (χ0n) is 12.5. The number of hydrogen-bond donors (Lipinski definition) is 0. The molecule has 3 aromatic rings. The van der Waals surface area contributed by atoms with E-state index in [1.54, 1.807) is 0 Å². The van der Waals surface area contributed by atoms with Crippen molar-refractivity contribution in [2.24, 2.45) is 5.41 Å². The first kappa shape index (κ1) is 13.1. The quantitative estimate of drug-likeness (QED) is 0.633. The van der Waals surface area contributed by atoms with Gasteiger partial charge in [0.2, 0.25) is 0 Å². The van der Waals surface area contributed by atoms with Crippen molar-refractivity contribution >= 4 is 33.5 Å². The van der Waals surface area contributed by atoms with Crippen molar-refractivity contribution in [1.29, 1.82) is 0 Å². The second kappa shape index (κ2) is 4.20.